The van der Waals surface area contributed by atoms with Crippen LogP contribution in [0.2, 0.25) is 0 Å². The summed E-state index contributed by atoms with van der Waals surface area (Å²) in [7, 11) is 0. The molecule has 0 radical (unpaired) electrons. The summed E-state index contributed by atoms with van der Waals surface area (Å²) in [5.74, 6) is 0.118. The molecule has 94 valence electrons. The highest BCUT2D eigenvalue weighted by atomic mass is 16.2. The number of carbonyl (C=O) groups is 1. The highest BCUT2D eigenvalue weighted by Crippen LogP contribution is 2.19. The molecule has 1 fully saturated rings. The van der Waals surface area contributed by atoms with E-state index in [4.69, 9.17) is 0 Å². The van der Waals surface area contributed by atoms with E-state index in [0.29, 0.717) is 6.54 Å². The first-order chi connectivity index (χ1) is 8.21. The zero-order valence-corrected chi connectivity index (χ0v) is 10.5. The molecule has 0 spiro atoms. The quantitative estimate of drug-likeness (QED) is 0.776. The molecule has 0 aromatic heterocycles. The molecule has 1 atom stereocenters. The fraction of sp³-hybridized carbons (Fsp3) is 0.692. The molecule has 0 bridgehead atoms. The molecular formula is C13H21N3O. The van der Waals surface area contributed by atoms with Gasteiger partial charge in [0.15, 0.2) is 0 Å². The maximum absolute atomic E-state index is 12.1. The maximum Gasteiger partial charge on any atom is 0.240 e. The van der Waals surface area contributed by atoms with Gasteiger partial charge in [0.25, 0.3) is 0 Å². The maximum atomic E-state index is 12.1. The van der Waals surface area contributed by atoms with Crippen molar-refractivity contribution in [1.29, 1.82) is 0 Å². The third kappa shape index (κ3) is 3.16. The van der Waals surface area contributed by atoms with Crippen LogP contribution in [0.3, 0.4) is 0 Å². The first kappa shape index (κ1) is 12.3. The highest BCUT2D eigenvalue weighted by Gasteiger charge is 2.33. The Kier molecular flexibility index (Phi) is 3.94. The Hall–Kier alpha value is -1.16. The fourth-order valence-corrected chi connectivity index (χ4v) is 2.32. The number of amides is 1. The number of rotatable bonds is 3. The Morgan fingerprint density at radius 3 is 3.12 bits per heavy atom. The van der Waals surface area contributed by atoms with Gasteiger partial charge in [0.1, 0.15) is 0 Å². The van der Waals surface area contributed by atoms with Crippen molar-refractivity contribution in [3.05, 3.63) is 11.8 Å². The summed E-state index contributed by atoms with van der Waals surface area (Å²) in [5.41, 5.74) is 0.830. The Labute approximate surface area is 103 Å². The van der Waals surface area contributed by atoms with Gasteiger partial charge in [-0.2, -0.15) is 0 Å². The second-order valence-electron chi connectivity index (χ2n) is 5.06. The van der Waals surface area contributed by atoms with Crippen molar-refractivity contribution in [3.63, 3.8) is 0 Å². The summed E-state index contributed by atoms with van der Waals surface area (Å²) < 4.78 is 0. The molecule has 2 rings (SSSR count). The van der Waals surface area contributed by atoms with Gasteiger partial charge in [-0.3, -0.25) is 9.79 Å². The van der Waals surface area contributed by atoms with Crippen molar-refractivity contribution < 1.29 is 4.79 Å². The lowest BCUT2D eigenvalue weighted by Crippen LogP contribution is -2.57. The Morgan fingerprint density at radius 1 is 1.59 bits per heavy atom. The number of carbonyl (C=O) groups excluding carboxylic acids is 1. The molecule has 0 unspecified atom stereocenters. The van der Waals surface area contributed by atoms with E-state index in [1.54, 1.807) is 0 Å². The van der Waals surface area contributed by atoms with E-state index in [-0.39, 0.29) is 11.4 Å². The molecule has 1 amide bonds. The molecule has 2 aliphatic rings. The van der Waals surface area contributed by atoms with Crippen LogP contribution in [0.4, 0.5) is 0 Å². The topological polar surface area (TPSA) is 53.5 Å². The lowest BCUT2D eigenvalue weighted by atomic mass is 9.90. The Balaban J connectivity index is 1.84. The molecule has 2 aliphatic heterocycles. The molecule has 2 heterocycles. The highest BCUT2D eigenvalue weighted by molar-refractivity contribution is 5.86. The first-order valence-electron chi connectivity index (χ1n) is 6.44. The predicted molar refractivity (Wildman–Crippen MR) is 69.1 cm³/mol. The van der Waals surface area contributed by atoms with Gasteiger partial charge in [-0.1, -0.05) is 0 Å². The van der Waals surface area contributed by atoms with E-state index in [1.807, 2.05) is 19.3 Å². The Morgan fingerprint density at radius 2 is 2.47 bits per heavy atom. The SMILES string of the molecule is C[C@@]1(C(=O)NCC2=CN=CCC2)CCCCN1. The van der Waals surface area contributed by atoms with Crippen LogP contribution in [0.15, 0.2) is 16.8 Å². The van der Waals surface area contributed by atoms with E-state index >= 15 is 0 Å². The third-order valence-electron chi connectivity index (χ3n) is 3.55. The van der Waals surface area contributed by atoms with Gasteiger partial charge < -0.3 is 10.6 Å². The second kappa shape index (κ2) is 5.45. The molecule has 2 N–H and O–H groups in total. The van der Waals surface area contributed by atoms with E-state index in [2.05, 4.69) is 15.6 Å². The smallest absolute Gasteiger partial charge is 0.240 e. The molecule has 0 aromatic carbocycles. The average molecular weight is 235 g/mol. The van der Waals surface area contributed by atoms with Crippen LogP contribution >= 0.6 is 0 Å². The number of hydrogen-bond acceptors (Lipinski definition) is 3. The van der Waals surface area contributed by atoms with Gasteiger partial charge in [-0.05, 0) is 51.1 Å². The summed E-state index contributed by atoms with van der Waals surface area (Å²) in [6, 6.07) is 0. The van der Waals surface area contributed by atoms with Crippen LogP contribution in [-0.4, -0.2) is 30.8 Å². The zero-order valence-electron chi connectivity index (χ0n) is 10.5. The van der Waals surface area contributed by atoms with Gasteiger partial charge in [0.2, 0.25) is 5.91 Å². The normalized spacial score (nSPS) is 28.6. The second-order valence-corrected chi connectivity index (χ2v) is 5.06. The number of hydrogen-bond donors (Lipinski definition) is 2. The van der Waals surface area contributed by atoms with Crippen LogP contribution in [-0.2, 0) is 4.79 Å². The summed E-state index contributed by atoms with van der Waals surface area (Å²) in [5, 5.41) is 6.34. The van der Waals surface area contributed by atoms with E-state index in [9.17, 15) is 4.79 Å². The lowest BCUT2D eigenvalue weighted by Gasteiger charge is -2.33. The van der Waals surface area contributed by atoms with Crippen molar-refractivity contribution in [3.8, 4) is 0 Å². The summed E-state index contributed by atoms with van der Waals surface area (Å²) in [6.07, 6.45) is 8.99. The van der Waals surface area contributed by atoms with Crippen molar-refractivity contribution in [2.45, 2.75) is 44.6 Å². The van der Waals surface area contributed by atoms with Crippen LogP contribution in [0, 0.1) is 0 Å². The van der Waals surface area contributed by atoms with E-state index < -0.39 is 0 Å². The van der Waals surface area contributed by atoms with Crippen LogP contribution in [0.5, 0.6) is 0 Å². The fourth-order valence-electron chi connectivity index (χ4n) is 2.32. The summed E-state index contributed by atoms with van der Waals surface area (Å²) in [4.78, 5) is 16.2. The molecule has 4 heteroatoms. The third-order valence-corrected chi connectivity index (χ3v) is 3.55. The number of piperidine rings is 1. The van der Waals surface area contributed by atoms with Gasteiger partial charge in [0.05, 0.1) is 5.54 Å². The minimum absolute atomic E-state index is 0.118. The predicted octanol–water partition coefficient (Wildman–Crippen LogP) is 1.38. The van der Waals surface area contributed by atoms with Gasteiger partial charge >= 0.3 is 0 Å². The molecule has 1 saturated heterocycles. The minimum Gasteiger partial charge on any atom is -0.351 e. The van der Waals surface area contributed by atoms with Crippen LogP contribution in [0.25, 0.3) is 0 Å². The molecule has 0 aromatic rings. The van der Waals surface area contributed by atoms with Crippen molar-refractivity contribution in [2.24, 2.45) is 4.99 Å². The minimum atomic E-state index is -0.378. The number of nitrogens with one attached hydrogen (secondary N) is 2. The lowest BCUT2D eigenvalue weighted by molar-refractivity contribution is -0.127. The van der Waals surface area contributed by atoms with Crippen molar-refractivity contribution >= 4 is 12.1 Å². The Bertz CT molecular complexity index is 341. The van der Waals surface area contributed by atoms with Crippen molar-refractivity contribution in [2.75, 3.05) is 13.1 Å². The molecule has 0 aliphatic carbocycles. The standard InChI is InChI=1S/C13H21N3O/c1-13(6-2-3-8-16-13)12(17)15-10-11-5-4-7-14-9-11/h7,9,16H,2-6,8,10H2,1H3,(H,15,17)/t13-/m0/s1. The monoisotopic (exact) mass is 235 g/mol. The largest absolute Gasteiger partial charge is 0.351 e. The molecular weight excluding hydrogens is 214 g/mol. The molecule has 17 heavy (non-hydrogen) atoms. The van der Waals surface area contributed by atoms with Gasteiger partial charge in [-0.15, -0.1) is 0 Å². The van der Waals surface area contributed by atoms with E-state index in [1.165, 1.54) is 12.0 Å². The van der Waals surface area contributed by atoms with Gasteiger partial charge in [-0.25, -0.2) is 0 Å². The van der Waals surface area contributed by atoms with Crippen LogP contribution < -0.4 is 10.6 Å². The number of nitrogens with zero attached hydrogens (tertiary/aromatic N) is 1. The van der Waals surface area contributed by atoms with E-state index in [0.717, 1.165) is 32.2 Å². The average Bonchev–Trinajstić information content (AvgIpc) is 2.38. The van der Waals surface area contributed by atoms with Crippen LogP contribution in [0.1, 0.15) is 39.0 Å². The zero-order chi connectivity index (χ0) is 12.1. The number of aliphatic imine (C=N–C) groups is 1. The first-order valence-corrected chi connectivity index (χ1v) is 6.44. The van der Waals surface area contributed by atoms with Crippen molar-refractivity contribution in [1.82, 2.24) is 10.6 Å². The summed E-state index contributed by atoms with van der Waals surface area (Å²) in [6.45, 7) is 3.57. The van der Waals surface area contributed by atoms with Gasteiger partial charge in [0, 0.05) is 19.0 Å². The molecule has 4 nitrogen and oxygen atoms in total. The molecule has 0 saturated carbocycles. The summed E-state index contributed by atoms with van der Waals surface area (Å²) >= 11 is 0.